The van der Waals surface area contributed by atoms with E-state index in [1.165, 1.54) is 19.2 Å². The average molecular weight is 332 g/mol. The Morgan fingerprint density at radius 2 is 2.00 bits per heavy atom. The Hall–Kier alpha value is -1.48. The molecule has 10 heteroatoms. The molecule has 0 fully saturated rings. The highest BCUT2D eigenvalue weighted by Gasteiger charge is 2.38. The highest BCUT2D eigenvalue weighted by molar-refractivity contribution is 8.13. The first kappa shape index (κ1) is 16.6. The minimum atomic E-state index is -5.01. The molecule has 1 aromatic carbocycles. The van der Waals surface area contributed by atoms with Gasteiger partial charge in [-0.1, -0.05) is 6.07 Å². The first-order valence-corrected chi connectivity index (χ1v) is 7.33. The number of halogens is 4. The van der Waals surface area contributed by atoms with E-state index >= 15 is 0 Å². The van der Waals surface area contributed by atoms with Crippen LogP contribution in [0.25, 0.3) is 0 Å². The number of ether oxygens (including phenoxy) is 1. The molecule has 0 aromatic heterocycles. The molecule has 0 aliphatic rings. The van der Waals surface area contributed by atoms with Gasteiger partial charge in [0.15, 0.2) is 0 Å². The van der Waals surface area contributed by atoms with Crippen LogP contribution in [0, 0.1) is 0 Å². The molecule has 0 saturated carbocycles. The Bertz CT molecular complexity index is 615. The maximum Gasteiger partial charge on any atom is 0.471 e. The van der Waals surface area contributed by atoms with Crippen molar-refractivity contribution in [2.24, 2.45) is 0 Å². The van der Waals surface area contributed by atoms with Crippen LogP contribution < -0.4 is 10.1 Å². The number of methoxy groups -OCH3 is 1. The second-order valence-electron chi connectivity index (χ2n) is 3.60. The van der Waals surface area contributed by atoms with E-state index < -0.39 is 27.7 Å². The van der Waals surface area contributed by atoms with Gasteiger partial charge in [0.1, 0.15) is 10.6 Å². The van der Waals surface area contributed by atoms with Crippen molar-refractivity contribution in [3.8, 4) is 5.75 Å². The maximum absolute atomic E-state index is 12.0. The summed E-state index contributed by atoms with van der Waals surface area (Å²) in [4.78, 5) is 10.2. The molecule has 1 rings (SSSR count). The third kappa shape index (κ3) is 4.27. The van der Waals surface area contributed by atoms with Gasteiger partial charge in [-0.25, -0.2) is 8.42 Å². The van der Waals surface area contributed by atoms with Gasteiger partial charge in [-0.05, 0) is 17.7 Å². The summed E-state index contributed by atoms with van der Waals surface area (Å²) in [6, 6.07) is 3.56. The number of nitrogens with one attached hydrogen (secondary N) is 1. The largest absolute Gasteiger partial charge is 0.495 e. The number of carbonyl (C=O) groups is 1. The minimum absolute atomic E-state index is 0.0501. The van der Waals surface area contributed by atoms with Crippen LogP contribution in [0.4, 0.5) is 13.2 Å². The summed E-state index contributed by atoms with van der Waals surface area (Å²) >= 11 is 0. The number of hydrogen-bond acceptors (Lipinski definition) is 4. The van der Waals surface area contributed by atoms with Gasteiger partial charge in [-0.2, -0.15) is 13.2 Å². The molecule has 20 heavy (non-hydrogen) atoms. The van der Waals surface area contributed by atoms with Gasteiger partial charge in [0.05, 0.1) is 7.11 Å². The molecule has 5 nitrogen and oxygen atoms in total. The summed E-state index contributed by atoms with van der Waals surface area (Å²) in [7, 11) is 2.27. The predicted molar refractivity (Wildman–Crippen MR) is 63.9 cm³/mol. The molecule has 0 spiro atoms. The fourth-order valence-electron chi connectivity index (χ4n) is 1.30. The van der Waals surface area contributed by atoms with Crippen molar-refractivity contribution < 1.29 is 31.1 Å². The molecule has 1 aromatic rings. The monoisotopic (exact) mass is 331 g/mol. The molecule has 0 atom stereocenters. The van der Waals surface area contributed by atoms with E-state index in [2.05, 4.69) is 0 Å². The van der Waals surface area contributed by atoms with E-state index in [0.29, 0.717) is 0 Å². The number of rotatable bonds is 4. The van der Waals surface area contributed by atoms with Crippen LogP contribution >= 0.6 is 10.7 Å². The summed E-state index contributed by atoms with van der Waals surface area (Å²) in [5.74, 6) is -2.17. The molecule has 0 aliphatic carbocycles. The zero-order valence-corrected chi connectivity index (χ0v) is 11.6. The Balaban J connectivity index is 2.97. The normalized spacial score (nSPS) is 12.1. The fraction of sp³-hybridized carbons (Fsp3) is 0.300. The van der Waals surface area contributed by atoms with Crippen LogP contribution in [0.5, 0.6) is 5.75 Å². The zero-order valence-electron chi connectivity index (χ0n) is 9.99. The van der Waals surface area contributed by atoms with Gasteiger partial charge in [-0.3, -0.25) is 4.79 Å². The van der Waals surface area contributed by atoms with E-state index in [1.54, 1.807) is 5.32 Å². The second kappa shape index (κ2) is 5.88. The van der Waals surface area contributed by atoms with Gasteiger partial charge in [0.2, 0.25) is 0 Å². The Morgan fingerprint density at radius 1 is 1.40 bits per heavy atom. The lowest BCUT2D eigenvalue weighted by Crippen LogP contribution is -2.36. The van der Waals surface area contributed by atoms with Crippen molar-refractivity contribution in [1.82, 2.24) is 5.32 Å². The molecule has 1 N–H and O–H groups in total. The van der Waals surface area contributed by atoms with E-state index in [-0.39, 0.29) is 16.2 Å². The lowest BCUT2D eigenvalue weighted by Gasteiger charge is -2.10. The standard InChI is InChI=1S/C10H9ClF3NO4S/c1-19-7-3-2-6(4-8(7)20(11,17)18)5-15-9(16)10(12,13)14/h2-4H,5H2,1H3,(H,15,16). The second-order valence-corrected chi connectivity index (χ2v) is 6.14. The minimum Gasteiger partial charge on any atom is -0.495 e. The van der Waals surface area contributed by atoms with Crippen molar-refractivity contribution in [2.45, 2.75) is 17.6 Å². The van der Waals surface area contributed by atoms with Crippen molar-refractivity contribution >= 4 is 25.6 Å². The van der Waals surface area contributed by atoms with Gasteiger partial charge in [0.25, 0.3) is 9.05 Å². The predicted octanol–water partition coefficient (Wildman–Crippen LogP) is 1.80. The van der Waals surface area contributed by atoms with Crippen molar-refractivity contribution in [2.75, 3.05) is 7.11 Å². The number of amides is 1. The first-order valence-electron chi connectivity index (χ1n) is 5.02. The SMILES string of the molecule is COc1ccc(CNC(=O)C(F)(F)F)cc1S(=O)(=O)Cl. The fourth-order valence-corrected chi connectivity index (χ4v) is 2.35. The molecular formula is C10H9ClF3NO4S. The third-order valence-corrected chi connectivity index (χ3v) is 3.54. The average Bonchev–Trinajstić information content (AvgIpc) is 2.33. The molecular weight excluding hydrogens is 323 g/mol. The summed E-state index contributed by atoms with van der Waals surface area (Å²) < 4.78 is 63.3. The zero-order chi connectivity index (χ0) is 15.6. The Kier molecular flexibility index (Phi) is 4.87. The van der Waals surface area contributed by atoms with Crippen molar-refractivity contribution in [3.05, 3.63) is 23.8 Å². The topological polar surface area (TPSA) is 72.5 Å². The van der Waals surface area contributed by atoms with E-state index in [0.717, 1.165) is 6.07 Å². The highest BCUT2D eigenvalue weighted by Crippen LogP contribution is 2.27. The van der Waals surface area contributed by atoms with Crippen molar-refractivity contribution in [1.29, 1.82) is 0 Å². The van der Waals surface area contributed by atoms with Crippen LogP contribution in [0.2, 0.25) is 0 Å². The molecule has 0 saturated heterocycles. The molecule has 112 valence electrons. The molecule has 0 bridgehead atoms. The molecule has 0 aliphatic heterocycles. The lowest BCUT2D eigenvalue weighted by atomic mass is 10.2. The van der Waals surface area contributed by atoms with E-state index in [4.69, 9.17) is 15.4 Å². The quantitative estimate of drug-likeness (QED) is 0.854. The molecule has 1 amide bonds. The maximum atomic E-state index is 12.0. The Morgan fingerprint density at radius 3 is 2.45 bits per heavy atom. The number of benzene rings is 1. The first-order chi connectivity index (χ1) is 9.05. The molecule has 0 radical (unpaired) electrons. The van der Waals surface area contributed by atoms with Crippen LogP contribution in [0.3, 0.4) is 0 Å². The van der Waals surface area contributed by atoms with Crippen molar-refractivity contribution in [3.63, 3.8) is 0 Å². The van der Waals surface area contributed by atoms with Gasteiger partial charge in [0, 0.05) is 17.2 Å². The van der Waals surface area contributed by atoms with Gasteiger partial charge < -0.3 is 10.1 Å². The molecule has 0 heterocycles. The summed E-state index contributed by atoms with van der Waals surface area (Å²) in [6.45, 7) is -0.498. The third-order valence-electron chi connectivity index (χ3n) is 2.20. The molecule has 0 unspecified atom stereocenters. The van der Waals surface area contributed by atoms with Crippen LogP contribution in [-0.4, -0.2) is 27.6 Å². The number of hydrogen-bond donors (Lipinski definition) is 1. The lowest BCUT2D eigenvalue weighted by molar-refractivity contribution is -0.173. The smallest absolute Gasteiger partial charge is 0.471 e. The van der Waals surface area contributed by atoms with Gasteiger partial charge >= 0.3 is 12.1 Å². The van der Waals surface area contributed by atoms with Gasteiger partial charge in [-0.15, -0.1) is 0 Å². The summed E-state index contributed by atoms with van der Waals surface area (Å²) in [5, 5.41) is 1.61. The highest BCUT2D eigenvalue weighted by atomic mass is 35.7. The van der Waals surface area contributed by atoms with E-state index in [1.807, 2.05) is 0 Å². The van der Waals surface area contributed by atoms with Crippen LogP contribution in [0.15, 0.2) is 23.1 Å². The number of carbonyl (C=O) groups excluding carboxylic acids is 1. The summed E-state index contributed by atoms with van der Waals surface area (Å²) in [6.07, 6.45) is -5.01. The van der Waals surface area contributed by atoms with Crippen LogP contribution in [0.1, 0.15) is 5.56 Å². The van der Waals surface area contributed by atoms with Crippen LogP contribution in [-0.2, 0) is 20.4 Å². The van der Waals surface area contributed by atoms with E-state index in [9.17, 15) is 26.4 Å². The summed E-state index contributed by atoms with van der Waals surface area (Å²) in [5.41, 5.74) is 0.127. The number of alkyl halides is 3. The Labute approximate surface area is 117 Å².